The molecule has 0 aliphatic carbocycles. The van der Waals surface area contributed by atoms with Gasteiger partial charge in [-0.2, -0.15) is 14.0 Å². The van der Waals surface area contributed by atoms with E-state index in [2.05, 4.69) is 9.84 Å². The quantitative estimate of drug-likeness (QED) is 0.866. The van der Waals surface area contributed by atoms with Crippen LogP contribution in [0.3, 0.4) is 0 Å². The average molecular weight is 349 g/mol. The number of ether oxygens (including phenoxy) is 1. The summed E-state index contributed by atoms with van der Waals surface area (Å²) in [5, 5.41) is 11.9. The minimum absolute atomic E-state index is 0.0369. The van der Waals surface area contributed by atoms with Crippen LogP contribution in [0.15, 0.2) is 29.1 Å². The molecule has 1 N–H and O–H groups in total. The summed E-state index contributed by atoms with van der Waals surface area (Å²) in [7, 11) is 0. The third-order valence-corrected chi connectivity index (χ3v) is 3.81. The van der Waals surface area contributed by atoms with Gasteiger partial charge < -0.3 is 4.74 Å². The van der Waals surface area contributed by atoms with Crippen LogP contribution in [0.25, 0.3) is 0 Å². The monoisotopic (exact) mass is 349 g/mol. The van der Waals surface area contributed by atoms with Gasteiger partial charge in [-0.1, -0.05) is 39.0 Å². The van der Waals surface area contributed by atoms with Crippen molar-refractivity contribution in [3.63, 3.8) is 0 Å². The first-order chi connectivity index (χ1) is 11.7. The summed E-state index contributed by atoms with van der Waals surface area (Å²) in [6, 6.07) is 8.42. The molecule has 0 spiro atoms. The summed E-state index contributed by atoms with van der Waals surface area (Å²) in [6.45, 7) is 3.04. The summed E-state index contributed by atoms with van der Waals surface area (Å²) in [6.07, 6.45) is 0.585. The molecule has 0 aliphatic heterocycles. The van der Waals surface area contributed by atoms with Gasteiger partial charge >= 0.3 is 6.61 Å². The van der Waals surface area contributed by atoms with Crippen LogP contribution in [0.1, 0.15) is 44.0 Å². The SMILES string of the molecule is CC(C)(C)c1[nH]n(Cc2ccccc2OC(F)F)c(=O)c1CCC#N. The van der Waals surface area contributed by atoms with Crippen LogP contribution in [-0.2, 0) is 18.4 Å². The largest absolute Gasteiger partial charge is 0.434 e. The molecule has 1 heterocycles. The molecule has 5 nitrogen and oxygen atoms in total. The molecule has 0 bridgehead atoms. The van der Waals surface area contributed by atoms with Crippen molar-refractivity contribution in [1.82, 2.24) is 9.78 Å². The molecule has 0 atom stereocenters. The molecule has 0 saturated heterocycles. The lowest BCUT2D eigenvalue weighted by atomic mass is 9.88. The van der Waals surface area contributed by atoms with Crippen molar-refractivity contribution in [2.75, 3.05) is 0 Å². The standard InChI is InChI=1S/C18H21F2N3O2/c1-18(2,3)15-13(8-6-10-21)16(24)23(22-15)11-12-7-4-5-9-14(12)25-17(19)20/h4-5,7,9,17,22H,6,8,11H2,1-3H3. The third-order valence-electron chi connectivity index (χ3n) is 3.81. The Morgan fingerprint density at radius 2 is 2.00 bits per heavy atom. The van der Waals surface area contributed by atoms with Crippen molar-refractivity contribution < 1.29 is 13.5 Å². The molecule has 0 unspecified atom stereocenters. The van der Waals surface area contributed by atoms with E-state index in [4.69, 9.17) is 5.26 Å². The van der Waals surface area contributed by atoms with E-state index in [1.54, 1.807) is 18.2 Å². The van der Waals surface area contributed by atoms with Crippen molar-refractivity contribution in [3.05, 3.63) is 51.4 Å². The Bertz CT molecular complexity index is 826. The number of rotatable bonds is 6. The molecular formula is C18H21F2N3O2. The highest BCUT2D eigenvalue weighted by Gasteiger charge is 2.24. The molecule has 7 heteroatoms. The van der Waals surface area contributed by atoms with Crippen molar-refractivity contribution in [2.45, 2.75) is 52.2 Å². The average Bonchev–Trinajstić information content (AvgIpc) is 2.83. The van der Waals surface area contributed by atoms with E-state index in [0.29, 0.717) is 17.5 Å². The molecule has 1 aromatic carbocycles. The summed E-state index contributed by atoms with van der Waals surface area (Å²) in [5.41, 5.74) is 1.22. The van der Waals surface area contributed by atoms with Gasteiger partial charge in [-0.25, -0.2) is 4.68 Å². The van der Waals surface area contributed by atoms with E-state index in [-0.39, 0.29) is 29.7 Å². The minimum atomic E-state index is -2.93. The maximum absolute atomic E-state index is 12.7. The van der Waals surface area contributed by atoms with E-state index in [9.17, 15) is 13.6 Å². The van der Waals surface area contributed by atoms with E-state index in [0.717, 1.165) is 5.69 Å². The Morgan fingerprint density at radius 3 is 2.60 bits per heavy atom. The molecule has 134 valence electrons. The number of nitrogens with zero attached hydrogens (tertiary/aromatic N) is 2. The van der Waals surface area contributed by atoms with Crippen molar-refractivity contribution in [2.24, 2.45) is 0 Å². The highest BCUT2D eigenvalue weighted by molar-refractivity contribution is 5.34. The number of nitriles is 1. The van der Waals surface area contributed by atoms with Gasteiger partial charge in [0.1, 0.15) is 5.75 Å². The number of H-pyrrole nitrogens is 1. The molecule has 0 aliphatic rings. The van der Waals surface area contributed by atoms with Crippen LogP contribution in [0.5, 0.6) is 5.75 Å². The van der Waals surface area contributed by atoms with Crippen molar-refractivity contribution in [3.8, 4) is 11.8 Å². The van der Waals surface area contributed by atoms with Gasteiger partial charge in [0.05, 0.1) is 12.6 Å². The van der Waals surface area contributed by atoms with Gasteiger partial charge in [-0.15, -0.1) is 0 Å². The number of hydrogen-bond donors (Lipinski definition) is 1. The van der Waals surface area contributed by atoms with Gasteiger partial charge in [-0.3, -0.25) is 9.89 Å². The normalized spacial score (nSPS) is 11.6. The highest BCUT2D eigenvalue weighted by Crippen LogP contribution is 2.25. The van der Waals surface area contributed by atoms with Crippen LogP contribution in [0.2, 0.25) is 0 Å². The van der Waals surface area contributed by atoms with Crippen LogP contribution >= 0.6 is 0 Å². The zero-order valence-corrected chi connectivity index (χ0v) is 14.5. The van der Waals surface area contributed by atoms with Crippen LogP contribution < -0.4 is 10.3 Å². The smallest absolute Gasteiger partial charge is 0.387 e. The van der Waals surface area contributed by atoms with E-state index >= 15 is 0 Å². The molecular weight excluding hydrogens is 328 g/mol. The Hall–Kier alpha value is -2.62. The molecule has 2 aromatic rings. The van der Waals surface area contributed by atoms with E-state index in [1.165, 1.54) is 10.7 Å². The number of benzene rings is 1. The lowest BCUT2D eigenvalue weighted by Gasteiger charge is -2.18. The maximum Gasteiger partial charge on any atom is 0.387 e. The third kappa shape index (κ3) is 4.47. The number of para-hydroxylation sites is 1. The number of nitrogens with one attached hydrogen (secondary N) is 1. The molecule has 0 fully saturated rings. The first kappa shape index (κ1) is 18.7. The zero-order valence-electron chi connectivity index (χ0n) is 14.5. The second-order valence-corrected chi connectivity index (χ2v) is 6.75. The van der Waals surface area contributed by atoms with Gasteiger partial charge in [0.2, 0.25) is 0 Å². The Kier molecular flexibility index (Phi) is 5.62. The Morgan fingerprint density at radius 1 is 1.32 bits per heavy atom. The van der Waals surface area contributed by atoms with Gasteiger partial charge in [-0.05, 0) is 12.5 Å². The number of aromatic amines is 1. The number of alkyl halides is 2. The van der Waals surface area contributed by atoms with E-state index < -0.39 is 6.61 Å². The Balaban J connectivity index is 2.43. The topological polar surface area (TPSA) is 70.8 Å². The molecule has 1 aromatic heterocycles. The predicted octanol–water partition coefficient (Wildman–Crippen LogP) is 3.58. The summed E-state index contributed by atoms with van der Waals surface area (Å²) in [4.78, 5) is 12.7. The highest BCUT2D eigenvalue weighted by atomic mass is 19.3. The first-order valence-corrected chi connectivity index (χ1v) is 7.96. The fourth-order valence-corrected chi connectivity index (χ4v) is 2.68. The van der Waals surface area contributed by atoms with E-state index in [1.807, 2.05) is 26.8 Å². The Labute approximate surface area is 144 Å². The second-order valence-electron chi connectivity index (χ2n) is 6.75. The molecule has 2 rings (SSSR count). The number of halogens is 2. The number of aromatic nitrogens is 2. The summed E-state index contributed by atoms with van der Waals surface area (Å²) in [5.74, 6) is 0.0369. The number of hydrogen-bond acceptors (Lipinski definition) is 3. The predicted molar refractivity (Wildman–Crippen MR) is 89.9 cm³/mol. The minimum Gasteiger partial charge on any atom is -0.434 e. The first-order valence-electron chi connectivity index (χ1n) is 7.96. The van der Waals surface area contributed by atoms with Crippen LogP contribution in [-0.4, -0.2) is 16.4 Å². The fourth-order valence-electron chi connectivity index (χ4n) is 2.68. The van der Waals surface area contributed by atoms with Crippen LogP contribution in [0, 0.1) is 11.3 Å². The fraction of sp³-hybridized carbons (Fsp3) is 0.444. The van der Waals surface area contributed by atoms with Crippen molar-refractivity contribution in [1.29, 1.82) is 5.26 Å². The van der Waals surface area contributed by atoms with Crippen LogP contribution in [0.4, 0.5) is 8.78 Å². The lowest BCUT2D eigenvalue weighted by molar-refractivity contribution is -0.0505. The molecule has 0 amide bonds. The van der Waals surface area contributed by atoms with Gasteiger partial charge in [0, 0.05) is 28.7 Å². The molecule has 0 radical (unpaired) electrons. The summed E-state index contributed by atoms with van der Waals surface area (Å²) < 4.78 is 31.0. The molecule has 25 heavy (non-hydrogen) atoms. The maximum atomic E-state index is 12.7. The van der Waals surface area contributed by atoms with Crippen molar-refractivity contribution >= 4 is 0 Å². The van der Waals surface area contributed by atoms with Gasteiger partial charge in [0.25, 0.3) is 5.56 Å². The summed E-state index contributed by atoms with van der Waals surface area (Å²) >= 11 is 0. The lowest BCUT2D eigenvalue weighted by Crippen LogP contribution is -2.20. The molecule has 0 saturated carbocycles. The second kappa shape index (κ2) is 7.51. The zero-order chi connectivity index (χ0) is 18.6. The van der Waals surface area contributed by atoms with Gasteiger partial charge in [0.15, 0.2) is 0 Å².